The van der Waals surface area contributed by atoms with E-state index >= 15 is 0 Å². The first kappa shape index (κ1) is 35.7. The van der Waals surface area contributed by atoms with Crippen molar-refractivity contribution in [2.24, 2.45) is 10.8 Å². The van der Waals surface area contributed by atoms with Crippen molar-refractivity contribution in [3.8, 4) is 0 Å². The van der Waals surface area contributed by atoms with Gasteiger partial charge in [0.1, 0.15) is 0 Å². The molecule has 0 heterocycles. The van der Waals surface area contributed by atoms with Gasteiger partial charge >= 0.3 is 0 Å². The Hall–Kier alpha value is -0.260. The average Bonchev–Trinajstić information content (AvgIpc) is 2.77. The van der Waals surface area contributed by atoms with Crippen molar-refractivity contribution >= 4 is 21.6 Å². The Morgan fingerprint density at radius 2 is 0.528 bits per heavy atom. The molecule has 24 nitrogen and oxygen atoms in total. The minimum absolute atomic E-state index is 0.212. The van der Waals surface area contributed by atoms with Gasteiger partial charge in [-0.2, -0.15) is 0 Å². The minimum Gasteiger partial charge on any atom is -0.266 e. The van der Waals surface area contributed by atoms with Crippen LogP contribution in [0.4, 0.5) is 0 Å². The quantitative estimate of drug-likeness (QED) is 0.0366. The van der Waals surface area contributed by atoms with Crippen molar-refractivity contribution in [3.63, 3.8) is 0 Å². The van der Waals surface area contributed by atoms with Crippen LogP contribution in [0.15, 0.2) is 0 Å². The summed E-state index contributed by atoms with van der Waals surface area (Å²) in [6.45, 7) is -4.12. The van der Waals surface area contributed by atoms with Gasteiger partial charge < -0.3 is 0 Å². The molecule has 0 aromatic carbocycles. The van der Waals surface area contributed by atoms with Crippen LogP contribution in [0.5, 0.6) is 0 Å². The van der Waals surface area contributed by atoms with Crippen molar-refractivity contribution in [1.82, 2.24) is 32.3 Å². The maximum absolute atomic E-state index is 8.84. The highest BCUT2D eigenvalue weighted by Gasteiger charge is 2.38. The molecular formula is C10H28N6O18S2. The van der Waals surface area contributed by atoms with Crippen LogP contribution < -0.4 is 0 Å². The van der Waals surface area contributed by atoms with Gasteiger partial charge in [-0.15, -0.1) is 0 Å². The highest BCUT2D eigenvalue weighted by Crippen LogP contribution is 2.37. The first-order chi connectivity index (χ1) is 16.7. The van der Waals surface area contributed by atoms with Gasteiger partial charge in [-0.25, -0.2) is 0 Å². The summed E-state index contributed by atoms with van der Waals surface area (Å²) in [5, 5.41) is 102. The normalized spacial score (nSPS) is 13.5. The Balaban J connectivity index is 5.53. The van der Waals surface area contributed by atoms with E-state index in [2.05, 4.69) is 29.0 Å². The molecule has 12 N–H and O–H groups in total. The summed E-state index contributed by atoms with van der Waals surface area (Å²) in [4.78, 5) is 27.1. The molecule has 0 aromatic heterocycles. The Bertz CT molecular complexity index is 444. The molecule has 0 aliphatic carbocycles. The third-order valence-electron chi connectivity index (χ3n) is 3.73. The Kier molecular flexibility index (Phi) is 18.8. The molecule has 0 fully saturated rings. The zero-order valence-corrected chi connectivity index (χ0v) is 19.6. The summed E-state index contributed by atoms with van der Waals surface area (Å²) >= 11 is 0. The van der Waals surface area contributed by atoms with Crippen LogP contribution in [-0.4, -0.2) is 146 Å². The van der Waals surface area contributed by atoms with Crippen molar-refractivity contribution in [1.29, 1.82) is 0 Å². The van der Waals surface area contributed by atoms with Gasteiger partial charge in [0.2, 0.25) is 0 Å². The Morgan fingerprint density at radius 3 is 0.667 bits per heavy atom. The third-order valence-corrected chi connectivity index (χ3v) is 6.57. The van der Waals surface area contributed by atoms with E-state index in [9.17, 15) is 0 Å². The van der Waals surface area contributed by atoms with E-state index in [0.29, 0.717) is 0 Å². The molecule has 0 radical (unpaired) electrons. The molecule has 0 unspecified atom stereocenters. The summed E-state index contributed by atoms with van der Waals surface area (Å²) in [5.74, 6) is -0.424. The Labute approximate surface area is 208 Å². The highest BCUT2D eigenvalue weighted by atomic mass is 33.1. The second-order valence-corrected chi connectivity index (χ2v) is 9.14. The fourth-order valence-electron chi connectivity index (χ4n) is 2.00. The predicted octanol–water partition coefficient (Wildman–Crippen LogP) is -1.59. The molecule has 0 saturated heterocycles. The summed E-state index contributed by atoms with van der Waals surface area (Å²) < 4.78 is 0. The topological polar surface area (TPSA) is 318 Å². The molecule has 0 amide bonds. The van der Waals surface area contributed by atoms with Crippen LogP contribution in [0.3, 0.4) is 0 Å². The second-order valence-electron chi connectivity index (χ2n) is 6.68. The van der Waals surface area contributed by atoms with Crippen LogP contribution in [0.25, 0.3) is 0 Å². The standard InChI is InChI=1S/C10H28N6O18S2/c17-11(18)29-1-9(2-30-12(19)20,3-31-13(21)22)7-35-36-8-10(4-32-14(23)24,5-33-15(25)26)6-34-16(27)28/h17-28H,1-8H2. The van der Waals surface area contributed by atoms with Gasteiger partial charge in [-0.1, -0.05) is 21.6 Å². The maximum atomic E-state index is 8.84. The Morgan fingerprint density at radius 1 is 0.361 bits per heavy atom. The molecule has 0 aromatic rings. The smallest absolute Gasteiger partial charge is 0.0846 e. The third kappa shape index (κ3) is 18.1. The lowest BCUT2D eigenvalue weighted by molar-refractivity contribution is -0.522. The largest absolute Gasteiger partial charge is 0.266 e. The summed E-state index contributed by atoms with van der Waals surface area (Å²) in [6, 6.07) is 0. The molecule has 0 aliphatic heterocycles. The first-order valence-electron chi connectivity index (χ1n) is 8.80. The van der Waals surface area contributed by atoms with E-state index < -0.39 is 82.8 Å². The van der Waals surface area contributed by atoms with Crippen molar-refractivity contribution in [3.05, 3.63) is 0 Å². The van der Waals surface area contributed by atoms with Gasteiger partial charge in [0.15, 0.2) is 0 Å². The van der Waals surface area contributed by atoms with Gasteiger partial charge in [0.25, 0.3) is 0 Å². The van der Waals surface area contributed by atoms with E-state index in [1.165, 1.54) is 0 Å². The molecule has 218 valence electrons. The number of hydrogen-bond donors (Lipinski definition) is 12. The molecular weight excluding hydrogens is 556 g/mol. The molecule has 0 saturated carbocycles. The van der Waals surface area contributed by atoms with Gasteiger partial charge in [0.05, 0.1) is 82.8 Å². The molecule has 0 aliphatic rings. The van der Waals surface area contributed by atoms with Crippen LogP contribution in [0.2, 0.25) is 0 Å². The SMILES string of the molecule is ON(O)OCC(CON(O)O)(CON(O)O)CSSCC(CON(O)O)(CON(O)O)CON(O)O. The molecule has 0 atom stereocenters. The van der Waals surface area contributed by atoms with Gasteiger partial charge in [-0.3, -0.25) is 91.5 Å². The van der Waals surface area contributed by atoms with Crippen LogP contribution in [0, 0.1) is 10.8 Å². The number of rotatable bonds is 23. The molecule has 0 rings (SSSR count). The molecule has 36 heavy (non-hydrogen) atoms. The average molecular weight is 584 g/mol. The summed E-state index contributed by atoms with van der Waals surface area (Å²) in [7, 11) is 1.79. The zero-order chi connectivity index (χ0) is 27.8. The van der Waals surface area contributed by atoms with Crippen LogP contribution >= 0.6 is 21.6 Å². The monoisotopic (exact) mass is 584 g/mol. The zero-order valence-electron chi connectivity index (χ0n) is 18.0. The van der Waals surface area contributed by atoms with Gasteiger partial charge in [-0.05, 0) is 0 Å². The van der Waals surface area contributed by atoms with Crippen molar-refractivity contribution in [2.75, 3.05) is 51.1 Å². The summed E-state index contributed by atoms with van der Waals surface area (Å²) in [6.07, 6.45) is 0. The fraction of sp³-hybridized carbons (Fsp3) is 1.00. The first-order valence-corrected chi connectivity index (χ1v) is 11.3. The molecule has 0 spiro atoms. The van der Waals surface area contributed by atoms with Crippen LogP contribution in [-0.2, 0) is 29.0 Å². The van der Waals surface area contributed by atoms with Crippen molar-refractivity contribution in [2.45, 2.75) is 0 Å². The van der Waals surface area contributed by atoms with Crippen molar-refractivity contribution < 1.29 is 91.5 Å². The predicted molar refractivity (Wildman–Crippen MR) is 98.0 cm³/mol. The lowest BCUT2D eigenvalue weighted by atomic mass is 9.94. The van der Waals surface area contributed by atoms with E-state index in [1.807, 2.05) is 0 Å². The second kappa shape index (κ2) is 18.9. The minimum atomic E-state index is -1.58. The maximum Gasteiger partial charge on any atom is 0.0846 e. The van der Waals surface area contributed by atoms with E-state index in [0.717, 1.165) is 21.6 Å². The highest BCUT2D eigenvalue weighted by molar-refractivity contribution is 8.76. The van der Waals surface area contributed by atoms with E-state index in [-0.39, 0.29) is 11.5 Å². The summed E-state index contributed by atoms with van der Waals surface area (Å²) in [5.41, 5.74) is -3.15. The fourth-order valence-corrected chi connectivity index (χ4v) is 5.17. The number of hydrogen-bond acceptors (Lipinski definition) is 26. The van der Waals surface area contributed by atoms with Gasteiger partial charge in [0, 0.05) is 11.5 Å². The van der Waals surface area contributed by atoms with Crippen LogP contribution in [0.1, 0.15) is 0 Å². The molecule has 0 bridgehead atoms. The van der Waals surface area contributed by atoms with E-state index in [1.54, 1.807) is 0 Å². The lowest BCUT2D eigenvalue weighted by Gasteiger charge is -2.34. The molecule has 26 heteroatoms. The lowest BCUT2D eigenvalue weighted by Crippen LogP contribution is -2.45. The van der Waals surface area contributed by atoms with E-state index in [4.69, 9.17) is 62.5 Å². The number of nitrogens with zero attached hydrogens (tertiary/aromatic N) is 6.